The molecule has 102 valence electrons. The summed E-state index contributed by atoms with van der Waals surface area (Å²) in [6.07, 6.45) is 2.61. The number of nitrogens with zero attached hydrogens (tertiary/aromatic N) is 1. The number of aromatic nitrogens is 1. The molecule has 0 aliphatic carbocycles. The van der Waals surface area contributed by atoms with Gasteiger partial charge >= 0.3 is 0 Å². The summed E-state index contributed by atoms with van der Waals surface area (Å²) in [5, 5.41) is 6.78. The lowest BCUT2D eigenvalue weighted by atomic mass is 10.1. The fourth-order valence-corrected chi connectivity index (χ4v) is 2.02. The van der Waals surface area contributed by atoms with E-state index in [1.54, 1.807) is 6.26 Å². The molecular weight excluding hydrogens is 244 g/mol. The number of carbonyl (C=O) groups excluding carboxylic acids is 1. The van der Waals surface area contributed by atoms with Crippen molar-refractivity contribution in [3.05, 3.63) is 41.2 Å². The molecule has 0 saturated carbocycles. The van der Waals surface area contributed by atoms with Crippen molar-refractivity contribution in [1.29, 1.82) is 0 Å². The molecule has 1 N–H and O–H groups in total. The SMILES string of the molecule is Cc1noc(C)c1CC(=O)N[C@H](C)Cc1ccco1. The molecule has 0 spiro atoms. The second kappa shape index (κ2) is 5.73. The lowest BCUT2D eigenvalue weighted by molar-refractivity contribution is -0.121. The Bertz CT molecular complexity index is 524. The van der Waals surface area contributed by atoms with Crippen molar-refractivity contribution in [3.8, 4) is 0 Å². The average molecular weight is 262 g/mol. The molecule has 5 heteroatoms. The minimum Gasteiger partial charge on any atom is -0.469 e. The number of hydrogen-bond donors (Lipinski definition) is 1. The van der Waals surface area contributed by atoms with Crippen LogP contribution in [-0.2, 0) is 17.6 Å². The minimum atomic E-state index is -0.0338. The van der Waals surface area contributed by atoms with Crippen LogP contribution in [0.15, 0.2) is 27.3 Å². The number of rotatable bonds is 5. The van der Waals surface area contributed by atoms with Gasteiger partial charge in [0.05, 0.1) is 18.4 Å². The largest absolute Gasteiger partial charge is 0.469 e. The highest BCUT2D eigenvalue weighted by Crippen LogP contribution is 2.13. The van der Waals surface area contributed by atoms with Crippen LogP contribution >= 0.6 is 0 Å². The number of carbonyl (C=O) groups is 1. The first-order chi connectivity index (χ1) is 9.06. The second-order valence-corrected chi connectivity index (χ2v) is 4.73. The molecular formula is C14H18N2O3. The Hall–Kier alpha value is -2.04. The Labute approximate surface area is 112 Å². The van der Waals surface area contributed by atoms with Crippen LogP contribution in [0, 0.1) is 13.8 Å². The van der Waals surface area contributed by atoms with Crippen LogP contribution in [0.5, 0.6) is 0 Å². The van der Waals surface area contributed by atoms with Crippen molar-refractivity contribution in [2.24, 2.45) is 0 Å². The zero-order valence-electron chi connectivity index (χ0n) is 11.4. The van der Waals surface area contributed by atoms with Crippen LogP contribution in [0.25, 0.3) is 0 Å². The molecule has 0 aliphatic heterocycles. The van der Waals surface area contributed by atoms with Gasteiger partial charge in [0.25, 0.3) is 0 Å². The molecule has 0 aromatic carbocycles. The molecule has 2 aromatic heterocycles. The van der Waals surface area contributed by atoms with Gasteiger partial charge < -0.3 is 14.3 Å². The van der Waals surface area contributed by atoms with E-state index < -0.39 is 0 Å². The molecule has 0 unspecified atom stereocenters. The van der Waals surface area contributed by atoms with E-state index in [0.29, 0.717) is 18.6 Å². The normalized spacial score (nSPS) is 12.4. The van der Waals surface area contributed by atoms with E-state index in [2.05, 4.69) is 10.5 Å². The Kier molecular flexibility index (Phi) is 4.04. The van der Waals surface area contributed by atoms with Gasteiger partial charge in [-0.3, -0.25) is 4.79 Å². The summed E-state index contributed by atoms with van der Waals surface area (Å²) >= 11 is 0. The van der Waals surface area contributed by atoms with E-state index in [1.165, 1.54) is 0 Å². The van der Waals surface area contributed by atoms with Gasteiger partial charge in [0.2, 0.25) is 5.91 Å². The van der Waals surface area contributed by atoms with Gasteiger partial charge in [0.15, 0.2) is 0 Å². The van der Waals surface area contributed by atoms with Crippen LogP contribution in [0.3, 0.4) is 0 Å². The highest BCUT2D eigenvalue weighted by Gasteiger charge is 2.15. The maximum atomic E-state index is 11.9. The van der Waals surface area contributed by atoms with Crippen molar-refractivity contribution >= 4 is 5.91 Å². The monoisotopic (exact) mass is 262 g/mol. The summed E-state index contributed by atoms with van der Waals surface area (Å²) < 4.78 is 10.3. The predicted molar refractivity (Wildman–Crippen MR) is 69.7 cm³/mol. The fraction of sp³-hybridized carbons (Fsp3) is 0.429. The fourth-order valence-electron chi connectivity index (χ4n) is 2.02. The number of furan rings is 1. The van der Waals surface area contributed by atoms with Crippen LogP contribution < -0.4 is 5.32 Å². The van der Waals surface area contributed by atoms with Crippen molar-refractivity contribution in [2.75, 3.05) is 0 Å². The quantitative estimate of drug-likeness (QED) is 0.896. The smallest absolute Gasteiger partial charge is 0.224 e. The summed E-state index contributed by atoms with van der Waals surface area (Å²) in [4.78, 5) is 11.9. The Morgan fingerprint density at radius 3 is 2.84 bits per heavy atom. The molecule has 0 fully saturated rings. The Morgan fingerprint density at radius 1 is 1.47 bits per heavy atom. The summed E-state index contributed by atoms with van der Waals surface area (Å²) in [5.41, 5.74) is 1.63. The van der Waals surface area contributed by atoms with Gasteiger partial charge in [0.1, 0.15) is 11.5 Å². The van der Waals surface area contributed by atoms with E-state index in [0.717, 1.165) is 17.0 Å². The zero-order chi connectivity index (χ0) is 13.8. The van der Waals surface area contributed by atoms with Crippen molar-refractivity contribution in [1.82, 2.24) is 10.5 Å². The van der Waals surface area contributed by atoms with Gasteiger partial charge in [-0.05, 0) is 32.9 Å². The van der Waals surface area contributed by atoms with E-state index in [-0.39, 0.29) is 11.9 Å². The molecule has 2 heterocycles. The second-order valence-electron chi connectivity index (χ2n) is 4.73. The Morgan fingerprint density at radius 2 is 2.26 bits per heavy atom. The molecule has 19 heavy (non-hydrogen) atoms. The lowest BCUT2D eigenvalue weighted by Gasteiger charge is -2.12. The molecule has 0 bridgehead atoms. The van der Waals surface area contributed by atoms with E-state index in [9.17, 15) is 4.79 Å². The molecule has 1 atom stereocenters. The maximum Gasteiger partial charge on any atom is 0.224 e. The molecule has 0 saturated heterocycles. The molecule has 1 amide bonds. The van der Waals surface area contributed by atoms with Gasteiger partial charge in [-0.1, -0.05) is 5.16 Å². The van der Waals surface area contributed by atoms with Gasteiger partial charge in [0, 0.05) is 18.0 Å². The van der Waals surface area contributed by atoms with E-state index in [4.69, 9.17) is 8.94 Å². The van der Waals surface area contributed by atoms with Crippen LogP contribution in [-0.4, -0.2) is 17.1 Å². The van der Waals surface area contributed by atoms with Crippen LogP contribution in [0.2, 0.25) is 0 Å². The number of amides is 1. The van der Waals surface area contributed by atoms with Gasteiger partial charge in [-0.25, -0.2) is 0 Å². The third kappa shape index (κ3) is 3.47. The molecule has 2 rings (SSSR count). The van der Waals surface area contributed by atoms with Gasteiger partial charge in [-0.15, -0.1) is 0 Å². The van der Waals surface area contributed by atoms with Crippen molar-refractivity contribution in [2.45, 2.75) is 39.7 Å². The summed E-state index contributed by atoms with van der Waals surface area (Å²) in [5.74, 6) is 1.53. The minimum absolute atomic E-state index is 0.0270. The lowest BCUT2D eigenvalue weighted by Crippen LogP contribution is -2.35. The van der Waals surface area contributed by atoms with Crippen molar-refractivity contribution in [3.63, 3.8) is 0 Å². The average Bonchev–Trinajstić information content (AvgIpc) is 2.94. The highest BCUT2D eigenvalue weighted by atomic mass is 16.5. The first kappa shape index (κ1) is 13.4. The highest BCUT2D eigenvalue weighted by molar-refractivity contribution is 5.79. The van der Waals surface area contributed by atoms with Crippen molar-refractivity contribution < 1.29 is 13.7 Å². The molecule has 0 radical (unpaired) electrons. The Balaban J connectivity index is 1.87. The third-order valence-electron chi connectivity index (χ3n) is 3.01. The van der Waals surface area contributed by atoms with Gasteiger partial charge in [-0.2, -0.15) is 0 Å². The molecule has 2 aromatic rings. The topological polar surface area (TPSA) is 68.3 Å². The summed E-state index contributed by atoms with van der Waals surface area (Å²) in [7, 11) is 0. The first-order valence-electron chi connectivity index (χ1n) is 6.29. The predicted octanol–water partition coefficient (Wildman–Crippen LogP) is 2.17. The van der Waals surface area contributed by atoms with Crippen LogP contribution in [0.4, 0.5) is 0 Å². The molecule has 0 aliphatic rings. The van der Waals surface area contributed by atoms with E-state index >= 15 is 0 Å². The number of aryl methyl sites for hydroxylation is 2. The summed E-state index contributed by atoms with van der Waals surface area (Å²) in [6, 6.07) is 3.77. The maximum absolute atomic E-state index is 11.9. The zero-order valence-corrected chi connectivity index (χ0v) is 11.4. The number of nitrogens with one attached hydrogen (secondary N) is 1. The molecule has 5 nitrogen and oxygen atoms in total. The van der Waals surface area contributed by atoms with Crippen LogP contribution in [0.1, 0.15) is 29.7 Å². The third-order valence-corrected chi connectivity index (χ3v) is 3.01. The summed E-state index contributed by atoms with van der Waals surface area (Å²) in [6.45, 7) is 5.61. The number of hydrogen-bond acceptors (Lipinski definition) is 4. The van der Waals surface area contributed by atoms with E-state index in [1.807, 2.05) is 32.9 Å². The standard InChI is InChI=1S/C14H18N2O3/c1-9(7-12-5-4-6-18-12)15-14(17)8-13-10(2)16-19-11(13)3/h4-6,9H,7-8H2,1-3H3,(H,15,17)/t9-/m1/s1. The first-order valence-corrected chi connectivity index (χ1v) is 6.29.